The molecule has 1 N–H and O–H groups in total. The van der Waals surface area contributed by atoms with Gasteiger partial charge < -0.3 is 9.47 Å². The first kappa shape index (κ1) is 15.4. The SMILES string of the molecule is COC(C)(NC1CCN(Cc2ccccc2)CC1)OC. The summed E-state index contributed by atoms with van der Waals surface area (Å²) in [7, 11) is 3.34. The van der Waals surface area contributed by atoms with Crippen molar-refractivity contribution in [3.05, 3.63) is 35.9 Å². The Bertz CT molecular complexity index is 385. The fourth-order valence-electron chi connectivity index (χ4n) is 2.65. The molecule has 0 saturated carbocycles. The molecule has 1 saturated heterocycles. The Morgan fingerprint density at radius 1 is 1.15 bits per heavy atom. The number of hydrogen-bond acceptors (Lipinski definition) is 4. The van der Waals surface area contributed by atoms with Gasteiger partial charge in [0.2, 0.25) is 5.91 Å². The van der Waals surface area contributed by atoms with Gasteiger partial charge in [-0.2, -0.15) is 0 Å². The van der Waals surface area contributed by atoms with Crippen molar-refractivity contribution >= 4 is 0 Å². The average Bonchev–Trinajstić information content (AvgIpc) is 2.50. The lowest BCUT2D eigenvalue weighted by Crippen LogP contribution is -2.54. The molecule has 0 atom stereocenters. The van der Waals surface area contributed by atoms with Crippen LogP contribution in [-0.4, -0.2) is 44.2 Å². The molecule has 112 valence electrons. The molecule has 1 heterocycles. The van der Waals surface area contributed by atoms with Crippen LogP contribution in [0.3, 0.4) is 0 Å². The molecule has 0 amide bonds. The van der Waals surface area contributed by atoms with Gasteiger partial charge in [0, 0.05) is 33.7 Å². The summed E-state index contributed by atoms with van der Waals surface area (Å²) in [6, 6.07) is 11.1. The van der Waals surface area contributed by atoms with E-state index in [1.54, 1.807) is 14.2 Å². The van der Waals surface area contributed by atoms with Gasteiger partial charge in [-0.1, -0.05) is 30.3 Å². The summed E-state index contributed by atoms with van der Waals surface area (Å²) in [5.41, 5.74) is 1.39. The maximum Gasteiger partial charge on any atom is 0.224 e. The first-order valence-electron chi connectivity index (χ1n) is 7.29. The van der Waals surface area contributed by atoms with Crippen LogP contribution in [0.4, 0.5) is 0 Å². The first-order chi connectivity index (χ1) is 9.65. The van der Waals surface area contributed by atoms with Crippen LogP contribution >= 0.6 is 0 Å². The van der Waals surface area contributed by atoms with Crippen molar-refractivity contribution < 1.29 is 9.47 Å². The first-order valence-corrected chi connectivity index (χ1v) is 7.29. The summed E-state index contributed by atoms with van der Waals surface area (Å²) in [5, 5.41) is 3.44. The molecule has 1 aliphatic heterocycles. The molecule has 1 aliphatic rings. The maximum absolute atomic E-state index is 5.37. The summed E-state index contributed by atoms with van der Waals surface area (Å²) >= 11 is 0. The number of piperidine rings is 1. The van der Waals surface area contributed by atoms with Gasteiger partial charge in [0.25, 0.3) is 0 Å². The van der Waals surface area contributed by atoms with Crippen LogP contribution in [0, 0.1) is 0 Å². The van der Waals surface area contributed by atoms with Crippen LogP contribution in [0.25, 0.3) is 0 Å². The van der Waals surface area contributed by atoms with Crippen LogP contribution < -0.4 is 5.32 Å². The Hall–Kier alpha value is -0.940. The molecule has 1 aromatic carbocycles. The van der Waals surface area contributed by atoms with E-state index in [1.165, 1.54) is 5.56 Å². The minimum atomic E-state index is -0.674. The molecule has 0 bridgehead atoms. The molecule has 1 fully saturated rings. The van der Waals surface area contributed by atoms with E-state index < -0.39 is 5.91 Å². The molecule has 4 heteroatoms. The molecule has 20 heavy (non-hydrogen) atoms. The molecule has 0 aromatic heterocycles. The Morgan fingerprint density at radius 2 is 1.75 bits per heavy atom. The van der Waals surface area contributed by atoms with Gasteiger partial charge in [-0.25, -0.2) is 0 Å². The summed E-state index contributed by atoms with van der Waals surface area (Å²) in [5.74, 6) is -0.674. The third-order valence-electron chi connectivity index (χ3n) is 4.08. The van der Waals surface area contributed by atoms with Gasteiger partial charge in [-0.3, -0.25) is 10.2 Å². The highest BCUT2D eigenvalue weighted by molar-refractivity contribution is 5.14. The molecule has 2 rings (SSSR count). The molecule has 0 unspecified atom stereocenters. The zero-order valence-electron chi connectivity index (χ0n) is 12.8. The normalized spacial score (nSPS) is 18.4. The van der Waals surface area contributed by atoms with Crippen molar-refractivity contribution in [2.24, 2.45) is 0 Å². The summed E-state index contributed by atoms with van der Waals surface area (Å²) in [4.78, 5) is 2.50. The smallest absolute Gasteiger partial charge is 0.224 e. The standard InChI is InChI=1S/C16H26N2O2/c1-16(19-2,20-3)17-15-9-11-18(12-10-15)13-14-7-5-4-6-8-14/h4-8,15,17H,9-13H2,1-3H3. The van der Waals surface area contributed by atoms with Crippen molar-refractivity contribution in [1.82, 2.24) is 10.2 Å². The van der Waals surface area contributed by atoms with Gasteiger partial charge in [-0.05, 0) is 31.5 Å². The van der Waals surface area contributed by atoms with Crippen molar-refractivity contribution in [3.8, 4) is 0 Å². The predicted octanol–water partition coefficient (Wildman–Crippen LogP) is 2.21. The molecule has 0 radical (unpaired) electrons. The zero-order chi connectivity index (χ0) is 14.4. The van der Waals surface area contributed by atoms with Gasteiger partial charge in [0.05, 0.1) is 0 Å². The quantitative estimate of drug-likeness (QED) is 0.809. The van der Waals surface area contributed by atoms with E-state index in [4.69, 9.17) is 9.47 Å². The second kappa shape index (κ2) is 7.18. The second-order valence-corrected chi connectivity index (χ2v) is 5.53. The molecule has 1 aromatic rings. The topological polar surface area (TPSA) is 33.7 Å². The fraction of sp³-hybridized carbons (Fsp3) is 0.625. The molecule has 0 spiro atoms. The number of ether oxygens (including phenoxy) is 2. The number of benzene rings is 1. The number of nitrogens with one attached hydrogen (secondary N) is 1. The van der Waals surface area contributed by atoms with Gasteiger partial charge in [-0.15, -0.1) is 0 Å². The molecule has 0 aliphatic carbocycles. The number of nitrogens with zero attached hydrogens (tertiary/aromatic N) is 1. The molecule has 4 nitrogen and oxygen atoms in total. The van der Waals surface area contributed by atoms with E-state index in [9.17, 15) is 0 Å². The van der Waals surface area contributed by atoms with Crippen molar-refractivity contribution in [2.45, 2.75) is 38.3 Å². The highest BCUT2D eigenvalue weighted by atomic mass is 16.7. The minimum Gasteiger partial charge on any atom is -0.341 e. The number of likely N-dealkylation sites (tertiary alicyclic amines) is 1. The Labute approximate surface area is 122 Å². The van der Waals surface area contributed by atoms with Gasteiger partial charge in [0.1, 0.15) is 0 Å². The van der Waals surface area contributed by atoms with Gasteiger partial charge in [0.15, 0.2) is 0 Å². The van der Waals surface area contributed by atoms with Crippen molar-refractivity contribution in [2.75, 3.05) is 27.3 Å². The third-order valence-corrected chi connectivity index (χ3v) is 4.08. The van der Waals surface area contributed by atoms with Crippen LogP contribution in [-0.2, 0) is 16.0 Å². The van der Waals surface area contributed by atoms with Crippen molar-refractivity contribution in [3.63, 3.8) is 0 Å². The Balaban J connectivity index is 1.78. The zero-order valence-corrected chi connectivity index (χ0v) is 12.8. The van der Waals surface area contributed by atoms with Crippen molar-refractivity contribution in [1.29, 1.82) is 0 Å². The highest BCUT2D eigenvalue weighted by Gasteiger charge is 2.28. The van der Waals surface area contributed by atoms with E-state index in [0.717, 1.165) is 32.5 Å². The van der Waals surface area contributed by atoms with Crippen LogP contribution in [0.5, 0.6) is 0 Å². The van der Waals surface area contributed by atoms with E-state index >= 15 is 0 Å². The Morgan fingerprint density at radius 3 is 2.30 bits per heavy atom. The summed E-state index contributed by atoms with van der Waals surface area (Å²) in [6.45, 7) is 5.18. The third kappa shape index (κ3) is 4.28. The second-order valence-electron chi connectivity index (χ2n) is 5.53. The highest BCUT2D eigenvalue weighted by Crippen LogP contribution is 2.17. The maximum atomic E-state index is 5.37. The number of rotatable bonds is 6. The van der Waals surface area contributed by atoms with E-state index in [0.29, 0.717) is 6.04 Å². The number of hydrogen-bond donors (Lipinski definition) is 1. The summed E-state index contributed by atoms with van der Waals surface area (Å²) < 4.78 is 10.7. The summed E-state index contributed by atoms with van der Waals surface area (Å²) in [6.07, 6.45) is 2.24. The molecular weight excluding hydrogens is 252 g/mol. The van der Waals surface area contributed by atoms with E-state index in [-0.39, 0.29) is 0 Å². The lowest BCUT2D eigenvalue weighted by atomic mass is 10.0. The van der Waals surface area contributed by atoms with Gasteiger partial charge >= 0.3 is 0 Å². The molecular formula is C16H26N2O2. The lowest BCUT2D eigenvalue weighted by Gasteiger charge is -2.37. The average molecular weight is 278 g/mol. The minimum absolute atomic E-state index is 0.451. The lowest BCUT2D eigenvalue weighted by molar-refractivity contribution is -0.221. The van der Waals surface area contributed by atoms with E-state index in [1.807, 2.05) is 6.92 Å². The largest absolute Gasteiger partial charge is 0.341 e. The monoisotopic (exact) mass is 278 g/mol. The van der Waals surface area contributed by atoms with Crippen LogP contribution in [0.1, 0.15) is 25.3 Å². The predicted molar refractivity (Wildman–Crippen MR) is 80.3 cm³/mol. The Kier molecular flexibility index (Phi) is 5.54. The van der Waals surface area contributed by atoms with Crippen LogP contribution in [0.15, 0.2) is 30.3 Å². The van der Waals surface area contributed by atoms with Crippen LogP contribution in [0.2, 0.25) is 0 Å². The van der Waals surface area contributed by atoms with E-state index in [2.05, 4.69) is 40.5 Å². The number of methoxy groups -OCH3 is 2. The fourth-order valence-corrected chi connectivity index (χ4v) is 2.65.